The van der Waals surface area contributed by atoms with Gasteiger partial charge in [-0.25, -0.2) is 13.6 Å². The molecule has 0 saturated heterocycles. The lowest BCUT2D eigenvalue weighted by Gasteiger charge is -2.13. The second-order valence-corrected chi connectivity index (χ2v) is 9.52. The monoisotopic (exact) mass is 438 g/mol. The highest BCUT2D eigenvalue weighted by atomic mass is 35.5. The third-order valence-electron chi connectivity index (χ3n) is 5.40. The van der Waals surface area contributed by atoms with Gasteiger partial charge < -0.3 is 14.8 Å². The van der Waals surface area contributed by atoms with Crippen LogP contribution in [-0.2, 0) is 10.0 Å². The van der Waals surface area contributed by atoms with Crippen molar-refractivity contribution in [2.45, 2.75) is 30.7 Å². The van der Waals surface area contributed by atoms with Gasteiger partial charge in [0.2, 0.25) is 10.0 Å². The number of nitrogens with one attached hydrogen (secondary N) is 1. The van der Waals surface area contributed by atoms with Crippen molar-refractivity contribution in [3.05, 3.63) is 52.5 Å². The number of hydrogen-bond acceptors (Lipinski definition) is 5. The maximum atomic E-state index is 12.9. The maximum absolute atomic E-state index is 12.9. The predicted molar refractivity (Wildman–Crippen MR) is 110 cm³/mol. The highest BCUT2D eigenvalue weighted by Crippen LogP contribution is 2.58. The molecule has 156 valence electrons. The van der Waals surface area contributed by atoms with Crippen molar-refractivity contribution in [3.63, 3.8) is 0 Å². The van der Waals surface area contributed by atoms with Crippen LogP contribution in [0.4, 0.5) is 0 Å². The molecule has 1 fully saturated rings. The zero-order chi connectivity index (χ0) is 21.6. The highest BCUT2D eigenvalue weighted by molar-refractivity contribution is 7.89. The molecule has 1 saturated carbocycles. The van der Waals surface area contributed by atoms with Gasteiger partial charge in [0.1, 0.15) is 11.5 Å². The molecule has 0 unspecified atom stereocenters. The van der Waals surface area contributed by atoms with E-state index in [9.17, 15) is 13.2 Å². The first-order chi connectivity index (χ1) is 13.5. The van der Waals surface area contributed by atoms with Crippen LogP contribution in [0.2, 0.25) is 5.02 Å². The van der Waals surface area contributed by atoms with Crippen LogP contribution in [0, 0.1) is 5.41 Å². The fourth-order valence-corrected chi connectivity index (χ4v) is 4.41. The van der Waals surface area contributed by atoms with Gasteiger partial charge in [0.05, 0.1) is 29.7 Å². The third-order valence-corrected chi connectivity index (χ3v) is 6.62. The molecule has 1 amide bonds. The molecule has 0 aromatic heterocycles. The van der Waals surface area contributed by atoms with Gasteiger partial charge in [0, 0.05) is 18.0 Å². The average Bonchev–Trinajstić information content (AvgIpc) is 3.20. The fourth-order valence-electron chi connectivity index (χ4n) is 3.65. The number of hydrogen-bond donors (Lipinski definition) is 2. The van der Waals surface area contributed by atoms with Crippen LogP contribution in [0.3, 0.4) is 0 Å². The minimum Gasteiger partial charge on any atom is -0.496 e. The van der Waals surface area contributed by atoms with Gasteiger partial charge in [-0.05, 0) is 29.2 Å². The molecule has 2 aromatic rings. The van der Waals surface area contributed by atoms with E-state index in [4.69, 9.17) is 26.2 Å². The summed E-state index contributed by atoms with van der Waals surface area (Å²) in [6.07, 6.45) is 0. The lowest BCUT2D eigenvalue weighted by Crippen LogP contribution is -2.29. The fraction of sp³-hybridized carbons (Fsp3) is 0.350. The molecule has 0 spiro atoms. The van der Waals surface area contributed by atoms with Crippen LogP contribution in [-0.4, -0.2) is 34.6 Å². The van der Waals surface area contributed by atoms with Gasteiger partial charge in [-0.1, -0.05) is 37.6 Å². The number of carbonyl (C=O) groups excluding carboxylic acids is 1. The Labute approximate surface area is 175 Å². The number of rotatable bonds is 6. The first kappa shape index (κ1) is 21.4. The van der Waals surface area contributed by atoms with Gasteiger partial charge in [-0.2, -0.15) is 0 Å². The van der Waals surface area contributed by atoms with Crippen molar-refractivity contribution >= 4 is 27.5 Å². The Kier molecular flexibility index (Phi) is 5.55. The van der Waals surface area contributed by atoms with Crippen molar-refractivity contribution in [3.8, 4) is 11.5 Å². The second kappa shape index (κ2) is 7.51. The molecular weight excluding hydrogens is 416 g/mol. The van der Waals surface area contributed by atoms with E-state index in [0.717, 1.165) is 5.56 Å². The quantitative estimate of drug-likeness (QED) is 0.720. The van der Waals surface area contributed by atoms with E-state index in [0.29, 0.717) is 22.1 Å². The molecule has 7 nitrogen and oxygen atoms in total. The van der Waals surface area contributed by atoms with Gasteiger partial charge >= 0.3 is 0 Å². The minimum atomic E-state index is -3.75. The van der Waals surface area contributed by atoms with E-state index in [2.05, 4.69) is 5.32 Å². The lowest BCUT2D eigenvalue weighted by atomic mass is 10.0. The van der Waals surface area contributed by atoms with E-state index in [1.54, 1.807) is 18.2 Å². The van der Waals surface area contributed by atoms with Crippen molar-refractivity contribution in [1.82, 2.24) is 5.32 Å². The van der Waals surface area contributed by atoms with E-state index < -0.39 is 10.0 Å². The van der Waals surface area contributed by atoms with Crippen molar-refractivity contribution in [1.29, 1.82) is 0 Å². The average molecular weight is 439 g/mol. The number of sulfonamides is 1. The Morgan fingerprint density at radius 2 is 1.69 bits per heavy atom. The normalized spacial score (nSPS) is 20.1. The summed E-state index contributed by atoms with van der Waals surface area (Å²) in [5.41, 5.74) is 1.03. The summed E-state index contributed by atoms with van der Waals surface area (Å²) in [7, 11) is -0.792. The summed E-state index contributed by atoms with van der Waals surface area (Å²) in [6.45, 7) is 4.07. The minimum absolute atomic E-state index is 0.0284. The smallest absolute Gasteiger partial charge is 0.255 e. The Morgan fingerprint density at radius 3 is 2.21 bits per heavy atom. The number of halogens is 1. The van der Waals surface area contributed by atoms with E-state index in [-0.39, 0.29) is 28.2 Å². The van der Waals surface area contributed by atoms with E-state index in [1.165, 1.54) is 32.4 Å². The highest BCUT2D eigenvalue weighted by Gasteiger charge is 2.59. The number of methoxy groups -OCH3 is 2. The third kappa shape index (κ3) is 4.05. The summed E-state index contributed by atoms with van der Waals surface area (Å²) >= 11 is 6.17. The van der Waals surface area contributed by atoms with Gasteiger partial charge in [-0.15, -0.1) is 0 Å². The van der Waals surface area contributed by atoms with Crippen LogP contribution in [0.15, 0.2) is 41.3 Å². The first-order valence-electron chi connectivity index (χ1n) is 8.86. The number of carbonyl (C=O) groups is 1. The summed E-state index contributed by atoms with van der Waals surface area (Å²) in [4.78, 5) is 12.9. The molecule has 0 radical (unpaired) electrons. The largest absolute Gasteiger partial charge is 0.496 e. The van der Waals surface area contributed by atoms with Crippen LogP contribution in [0.25, 0.3) is 0 Å². The van der Waals surface area contributed by atoms with Crippen LogP contribution in [0.1, 0.15) is 35.7 Å². The van der Waals surface area contributed by atoms with Crippen LogP contribution < -0.4 is 19.9 Å². The topological polar surface area (TPSA) is 108 Å². The van der Waals surface area contributed by atoms with Gasteiger partial charge in [-0.3, -0.25) is 4.79 Å². The Morgan fingerprint density at radius 1 is 1.10 bits per heavy atom. The van der Waals surface area contributed by atoms with Crippen molar-refractivity contribution in [2.75, 3.05) is 14.2 Å². The predicted octanol–water partition coefficient (Wildman–Crippen LogP) is 2.93. The molecule has 3 N–H and O–H groups in total. The number of amides is 1. The summed E-state index contributed by atoms with van der Waals surface area (Å²) in [5, 5.41) is 8.49. The van der Waals surface area contributed by atoms with Crippen molar-refractivity contribution in [2.24, 2.45) is 10.6 Å². The second-order valence-electron chi connectivity index (χ2n) is 7.55. The summed E-state index contributed by atoms with van der Waals surface area (Å²) < 4.78 is 33.4. The molecule has 0 heterocycles. The molecule has 0 aliphatic heterocycles. The molecule has 9 heteroatoms. The molecule has 1 aliphatic rings. The standard InChI is InChI=1S/C20H23ClN2O5S/c1-20(2)17(11-5-7-12(8-6-11)29(22,25)26)18(20)23-19(24)13-9-14(21)16(28-4)10-15(13)27-3/h5-10,17-18H,1-4H3,(H,23,24)(H2,22,25,26)/t17-,18-/m1/s1. The molecular formula is C20H23ClN2O5S. The molecule has 2 aromatic carbocycles. The van der Waals surface area contributed by atoms with E-state index in [1.807, 2.05) is 13.8 Å². The molecule has 0 bridgehead atoms. The Bertz CT molecular complexity index is 1050. The van der Waals surface area contributed by atoms with Crippen LogP contribution >= 0.6 is 11.6 Å². The SMILES string of the molecule is COc1cc(OC)c(C(=O)N[C@@H]2[C@@H](c3ccc(S(N)(=O)=O)cc3)C2(C)C)cc1Cl. The number of benzene rings is 2. The van der Waals surface area contributed by atoms with Gasteiger partial charge in [0.25, 0.3) is 5.91 Å². The van der Waals surface area contributed by atoms with E-state index >= 15 is 0 Å². The maximum Gasteiger partial charge on any atom is 0.255 e. The number of nitrogens with two attached hydrogens (primary N) is 1. The lowest BCUT2D eigenvalue weighted by molar-refractivity contribution is 0.0943. The van der Waals surface area contributed by atoms with Gasteiger partial charge in [0.15, 0.2) is 0 Å². The first-order valence-corrected chi connectivity index (χ1v) is 10.8. The van der Waals surface area contributed by atoms with Crippen molar-refractivity contribution < 1.29 is 22.7 Å². The summed E-state index contributed by atoms with van der Waals surface area (Å²) in [6, 6.07) is 9.35. The summed E-state index contributed by atoms with van der Waals surface area (Å²) in [5.74, 6) is 0.490. The molecule has 1 aliphatic carbocycles. The Balaban J connectivity index is 1.82. The Hall–Kier alpha value is -2.29. The van der Waals surface area contributed by atoms with Crippen LogP contribution in [0.5, 0.6) is 11.5 Å². The zero-order valence-electron chi connectivity index (χ0n) is 16.5. The molecule has 29 heavy (non-hydrogen) atoms. The molecule has 3 rings (SSSR count). The number of ether oxygens (including phenoxy) is 2. The number of primary sulfonamides is 1. The molecule has 2 atom stereocenters. The zero-order valence-corrected chi connectivity index (χ0v) is 18.1.